The third-order valence-corrected chi connectivity index (χ3v) is 6.06. The molecule has 0 amide bonds. The van der Waals surface area contributed by atoms with Gasteiger partial charge in [0.15, 0.2) is 9.84 Å². The van der Waals surface area contributed by atoms with Crippen LogP contribution in [0.1, 0.15) is 36.6 Å². The number of anilines is 2. The van der Waals surface area contributed by atoms with Crippen molar-refractivity contribution in [1.29, 1.82) is 0 Å². The van der Waals surface area contributed by atoms with Gasteiger partial charge in [-0.25, -0.2) is 18.4 Å². The van der Waals surface area contributed by atoms with Gasteiger partial charge in [0.05, 0.1) is 11.5 Å². The van der Waals surface area contributed by atoms with Crippen LogP contribution in [0.4, 0.5) is 11.6 Å². The number of sulfone groups is 1. The van der Waals surface area contributed by atoms with Crippen LogP contribution in [-0.2, 0) is 9.84 Å². The monoisotopic (exact) mass is 310 g/mol. The van der Waals surface area contributed by atoms with Gasteiger partial charge in [0, 0.05) is 25.1 Å². The van der Waals surface area contributed by atoms with Gasteiger partial charge in [-0.3, -0.25) is 0 Å². The summed E-state index contributed by atoms with van der Waals surface area (Å²) in [7, 11) is -0.959. The molecular formula is C14H22N4O2S. The van der Waals surface area contributed by atoms with E-state index in [2.05, 4.69) is 20.6 Å². The van der Waals surface area contributed by atoms with E-state index in [0.29, 0.717) is 24.0 Å². The SMILES string of the molecule is CNc1nc(C2CC2)nc(NCC2CCS(=O)(=O)C2)c1C. The third-order valence-electron chi connectivity index (χ3n) is 4.23. The van der Waals surface area contributed by atoms with Crippen molar-refractivity contribution >= 4 is 21.5 Å². The quantitative estimate of drug-likeness (QED) is 0.858. The van der Waals surface area contributed by atoms with E-state index in [0.717, 1.165) is 42.3 Å². The maximum absolute atomic E-state index is 11.5. The summed E-state index contributed by atoms with van der Waals surface area (Å²) in [4.78, 5) is 9.19. The molecule has 2 aliphatic rings. The highest BCUT2D eigenvalue weighted by atomic mass is 32.2. The summed E-state index contributed by atoms with van der Waals surface area (Å²) >= 11 is 0. The Bertz CT molecular complexity index is 641. The molecule has 1 atom stereocenters. The molecule has 6 nitrogen and oxygen atoms in total. The lowest BCUT2D eigenvalue weighted by molar-refractivity contribution is 0.595. The molecule has 0 aromatic carbocycles. The van der Waals surface area contributed by atoms with E-state index in [9.17, 15) is 8.42 Å². The first-order valence-electron chi connectivity index (χ1n) is 7.49. The van der Waals surface area contributed by atoms with E-state index in [1.54, 1.807) is 0 Å². The molecule has 0 radical (unpaired) electrons. The molecule has 21 heavy (non-hydrogen) atoms. The average Bonchev–Trinajstić information content (AvgIpc) is 3.22. The standard InChI is InChI=1S/C14H22N4O2S/c1-9-12(15-2)17-14(11-3-4-11)18-13(9)16-7-10-5-6-21(19,20)8-10/h10-11H,3-8H2,1-2H3,(H2,15,16,17,18). The zero-order valence-corrected chi connectivity index (χ0v) is 13.3. The Morgan fingerprint density at radius 2 is 1.90 bits per heavy atom. The molecule has 116 valence electrons. The highest BCUT2D eigenvalue weighted by Gasteiger charge is 2.29. The predicted molar refractivity (Wildman–Crippen MR) is 83.5 cm³/mol. The van der Waals surface area contributed by atoms with Gasteiger partial charge in [-0.1, -0.05) is 0 Å². The molecule has 2 fully saturated rings. The van der Waals surface area contributed by atoms with Crippen LogP contribution in [0.5, 0.6) is 0 Å². The van der Waals surface area contributed by atoms with Gasteiger partial charge in [-0.2, -0.15) is 0 Å². The van der Waals surface area contributed by atoms with Crippen LogP contribution in [0, 0.1) is 12.8 Å². The van der Waals surface area contributed by atoms with Crippen molar-refractivity contribution in [3.05, 3.63) is 11.4 Å². The van der Waals surface area contributed by atoms with Gasteiger partial charge in [-0.05, 0) is 32.1 Å². The fourth-order valence-electron chi connectivity index (χ4n) is 2.75. The molecule has 3 rings (SSSR count). The van der Waals surface area contributed by atoms with Gasteiger partial charge < -0.3 is 10.6 Å². The number of nitrogens with one attached hydrogen (secondary N) is 2. The fraction of sp³-hybridized carbons (Fsp3) is 0.714. The van der Waals surface area contributed by atoms with Crippen molar-refractivity contribution in [2.45, 2.75) is 32.1 Å². The molecule has 7 heteroatoms. The Labute approximate surface area is 125 Å². The van der Waals surface area contributed by atoms with Crippen LogP contribution in [0.2, 0.25) is 0 Å². The highest BCUT2D eigenvalue weighted by Crippen LogP contribution is 2.39. The average molecular weight is 310 g/mol. The number of rotatable bonds is 5. The van der Waals surface area contributed by atoms with E-state index in [1.807, 2.05) is 14.0 Å². The maximum Gasteiger partial charge on any atom is 0.150 e. The van der Waals surface area contributed by atoms with Gasteiger partial charge in [0.25, 0.3) is 0 Å². The molecule has 1 unspecified atom stereocenters. The largest absolute Gasteiger partial charge is 0.373 e. The lowest BCUT2D eigenvalue weighted by Gasteiger charge is -2.15. The zero-order valence-electron chi connectivity index (χ0n) is 12.5. The number of hydrogen-bond donors (Lipinski definition) is 2. The van der Waals surface area contributed by atoms with E-state index in [-0.39, 0.29) is 5.92 Å². The highest BCUT2D eigenvalue weighted by molar-refractivity contribution is 7.91. The molecule has 1 saturated heterocycles. The summed E-state index contributed by atoms with van der Waals surface area (Å²) in [6, 6.07) is 0. The van der Waals surface area contributed by atoms with Crippen LogP contribution in [0.25, 0.3) is 0 Å². The Kier molecular flexibility index (Phi) is 3.77. The third kappa shape index (κ3) is 3.28. The second-order valence-electron chi connectivity index (χ2n) is 6.08. The minimum atomic E-state index is -2.82. The van der Waals surface area contributed by atoms with Crippen molar-refractivity contribution in [1.82, 2.24) is 9.97 Å². The van der Waals surface area contributed by atoms with Crippen molar-refractivity contribution in [2.24, 2.45) is 5.92 Å². The molecule has 1 aromatic heterocycles. The molecule has 0 spiro atoms. The number of hydrogen-bond acceptors (Lipinski definition) is 6. The van der Waals surface area contributed by atoms with Crippen LogP contribution >= 0.6 is 0 Å². The van der Waals surface area contributed by atoms with E-state index in [4.69, 9.17) is 0 Å². The van der Waals surface area contributed by atoms with Crippen molar-refractivity contribution in [3.8, 4) is 0 Å². The topological polar surface area (TPSA) is 84.0 Å². The minimum absolute atomic E-state index is 0.187. The molecule has 2 heterocycles. The van der Waals surface area contributed by atoms with Crippen LogP contribution in [0.3, 0.4) is 0 Å². The Morgan fingerprint density at radius 1 is 1.19 bits per heavy atom. The summed E-state index contributed by atoms with van der Waals surface area (Å²) in [5.41, 5.74) is 0.989. The number of aromatic nitrogens is 2. The molecule has 1 aliphatic carbocycles. The summed E-state index contributed by atoms with van der Waals surface area (Å²) in [6.07, 6.45) is 3.06. The van der Waals surface area contributed by atoms with Gasteiger partial charge in [-0.15, -0.1) is 0 Å². The fourth-order valence-corrected chi connectivity index (χ4v) is 4.61. The Morgan fingerprint density at radius 3 is 2.48 bits per heavy atom. The molecule has 1 aliphatic heterocycles. The Hall–Kier alpha value is -1.37. The molecule has 2 N–H and O–H groups in total. The zero-order chi connectivity index (χ0) is 15.0. The molecule has 0 bridgehead atoms. The summed E-state index contributed by atoms with van der Waals surface area (Å²) in [5, 5.41) is 6.45. The van der Waals surface area contributed by atoms with Crippen molar-refractivity contribution in [3.63, 3.8) is 0 Å². The van der Waals surface area contributed by atoms with Gasteiger partial charge in [0.2, 0.25) is 0 Å². The summed E-state index contributed by atoms with van der Waals surface area (Å²) in [5.74, 6) is 3.87. The lowest BCUT2D eigenvalue weighted by Crippen LogP contribution is -2.18. The minimum Gasteiger partial charge on any atom is -0.373 e. The summed E-state index contributed by atoms with van der Waals surface area (Å²) < 4.78 is 23.0. The smallest absolute Gasteiger partial charge is 0.150 e. The normalized spacial score (nSPS) is 24.0. The molecule has 1 saturated carbocycles. The summed E-state index contributed by atoms with van der Waals surface area (Å²) in [6.45, 7) is 2.64. The van der Waals surface area contributed by atoms with Crippen molar-refractivity contribution < 1.29 is 8.42 Å². The second kappa shape index (κ2) is 5.44. The number of nitrogens with zero attached hydrogens (tertiary/aromatic N) is 2. The van der Waals surface area contributed by atoms with E-state index >= 15 is 0 Å². The van der Waals surface area contributed by atoms with Crippen LogP contribution in [-0.4, -0.2) is 43.5 Å². The van der Waals surface area contributed by atoms with E-state index < -0.39 is 9.84 Å². The predicted octanol–water partition coefficient (Wildman–Crippen LogP) is 1.55. The van der Waals surface area contributed by atoms with E-state index in [1.165, 1.54) is 0 Å². The lowest BCUT2D eigenvalue weighted by atomic mass is 10.1. The van der Waals surface area contributed by atoms with Crippen LogP contribution < -0.4 is 10.6 Å². The van der Waals surface area contributed by atoms with Gasteiger partial charge >= 0.3 is 0 Å². The maximum atomic E-state index is 11.5. The molecule has 1 aromatic rings. The van der Waals surface area contributed by atoms with Gasteiger partial charge in [0.1, 0.15) is 17.5 Å². The van der Waals surface area contributed by atoms with Crippen molar-refractivity contribution in [2.75, 3.05) is 35.7 Å². The first-order chi connectivity index (χ1) is 9.98. The first kappa shape index (κ1) is 14.6. The Balaban J connectivity index is 1.73. The first-order valence-corrected chi connectivity index (χ1v) is 9.31. The molecular weight excluding hydrogens is 288 g/mol. The second-order valence-corrected chi connectivity index (χ2v) is 8.31. The van der Waals surface area contributed by atoms with Crippen LogP contribution in [0.15, 0.2) is 0 Å².